The van der Waals surface area contributed by atoms with Crippen LogP contribution in [0.25, 0.3) is 0 Å². The first-order chi connectivity index (χ1) is 6.77. The molecule has 14 heavy (non-hydrogen) atoms. The Kier molecular flexibility index (Phi) is 2.33. The zero-order valence-corrected chi connectivity index (χ0v) is 7.86. The van der Waals surface area contributed by atoms with E-state index in [2.05, 4.69) is 4.98 Å². The zero-order valence-electron chi connectivity index (χ0n) is 7.11. The molecule has 0 saturated carbocycles. The highest BCUT2D eigenvalue weighted by Crippen LogP contribution is 2.12. The van der Waals surface area contributed by atoms with Crippen molar-refractivity contribution in [2.45, 2.75) is 0 Å². The van der Waals surface area contributed by atoms with Crippen LogP contribution in [-0.2, 0) is 0 Å². The molecule has 70 valence electrons. The second-order valence-electron chi connectivity index (χ2n) is 2.71. The van der Waals surface area contributed by atoms with Crippen molar-refractivity contribution in [3.63, 3.8) is 0 Å². The van der Waals surface area contributed by atoms with Crippen LogP contribution < -0.4 is 0 Å². The fraction of sp³-hybridized carbons (Fsp3) is 0. The van der Waals surface area contributed by atoms with Crippen LogP contribution in [0.1, 0.15) is 15.9 Å². The molecule has 3 nitrogen and oxygen atoms in total. The van der Waals surface area contributed by atoms with Gasteiger partial charge in [-0.25, -0.2) is 4.98 Å². The Morgan fingerprint density at radius 3 is 2.86 bits per heavy atom. The van der Waals surface area contributed by atoms with Gasteiger partial charge in [-0.3, -0.25) is 4.79 Å². The van der Waals surface area contributed by atoms with Gasteiger partial charge in [0.1, 0.15) is 11.4 Å². The number of rotatable bonds is 2. The predicted octanol–water partition coefficient (Wildman–Crippen LogP) is 2.56. The Balaban J connectivity index is 2.37. The van der Waals surface area contributed by atoms with Gasteiger partial charge in [-0.05, 0) is 18.2 Å². The van der Waals surface area contributed by atoms with E-state index in [9.17, 15) is 4.79 Å². The summed E-state index contributed by atoms with van der Waals surface area (Å²) < 4.78 is 4.82. The van der Waals surface area contributed by atoms with Gasteiger partial charge in [0.25, 0.3) is 0 Å². The van der Waals surface area contributed by atoms with Crippen molar-refractivity contribution in [3.05, 3.63) is 53.2 Å². The van der Waals surface area contributed by atoms with Crippen molar-refractivity contribution >= 4 is 17.4 Å². The largest absolute Gasteiger partial charge is 0.472 e. The fourth-order valence-corrected chi connectivity index (χ4v) is 1.28. The third kappa shape index (κ3) is 1.67. The highest BCUT2D eigenvalue weighted by molar-refractivity contribution is 6.29. The maximum atomic E-state index is 11.7. The van der Waals surface area contributed by atoms with Gasteiger partial charge in [0.05, 0.1) is 11.8 Å². The molecule has 0 aromatic carbocycles. The second-order valence-corrected chi connectivity index (χ2v) is 3.10. The average Bonchev–Trinajstić information content (AvgIpc) is 2.69. The van der Waals surface area contributed by atoms with E-state index in [1.54, 1.807) is 12.1 Å². The minimum absolute atomic E-state index is 0.122. The Labute approximate surface area is 85.3 Å². The molecule has 0 atom stereocenters. The molecule has 0 radical (unpaired) electrons. The van der Waals surface area contributed by atoms with Crippen molar-refractivity contribution in [1.29, 1.82) is 0 Å². The summed E-state index contributed by atoms with van der Waals surface area (Å²) in [7, 11) is 0. The minimum atomic E-state index is -0.122. The maximum absolute atomic E-state index is 11.7. The van der Waals surface area contributed by atoms with Crippen molar-refractivity contribution in [1.82, 2.24) is 4.98 Å². The van der Waals surface area contributed by atoms with Gasteiger partial charge in [0.2, 0.25) is 0 Å². The van der Waals surface area contributed by atoms with Crippen LogP contribution in [-0.4, -0.2) is 10.8 Å². The summed E-state index contributed by atoms with van der Waals surface area (Å²) in [6, 6.07) is 4.74. The number of carbonyl (C=O) groups excluding carboxylic acids is 1. The maximum Gasteiger partial charge on any atom is 0.196 e. The van der Waals surface area contributed by atoms with Gasteiger partial charge >= 0.3 is 0 Å². The zero-order chi connectivity index (χ0) is 9.97. The number of nitrogens with zero attached hydrogens (tertiary/aromatic N) is 1. The molecule has 0 N–H and O–H groups in total. The van der Waals surface area contributed by atoms with Crippen LogP contribution in [0.5, 0.6) is 0 Å². The number of hydrogen-bond donors (Lipinski definition) is 0. The summed E-state index contributed by atoms with van der Waals surface area (Å²) in [5, 5.41) is 0.305. The number of halogens is 1. The molecule has 4 heteroatoms. The summed E-state index contributed by atoms with van der Waals surface area (Å²) in [5.41, 5.74) is 1.01. The Hall–Kier alpha value is -1.61. The molecular formula is C10H6ClNO2. The van der Waals surface area contributed by atoms with Gasteiger partial charge in [0, 0.05) is 11.8 Å². The van der Waals surface area contributed by atoms with E-state index in [0.717, 1.165) is 0 Å². The molecule has 0 aliphatic carbocycles. The van der Waals surface area contributed by atoms with Crippen LogP contribution in [0, 0.1) is 0 Å². The molecule has 0 amide bonds. The van der Waals surface area contributed by atoms with Crippen LogP contribution in [0.4, 0.5) is 0 Å². The van der Waals surface area contributed by atoms with Gasteiger partial charge in [-0.15, -0.1) is 0 Å². The van der Waals surface area contributed by atoms with Crippen LogP contribution in [0.15, 0.2) is 41.3 Å². The Morgan fingerprint density at radius 2 is 2.21 bits per heavy atom. The van der Waals surface area contributed by atoms with Crippen LogP contribution in [0.3, 0.4) is 0 Å². The number of hydrogen-bond acceptors (Lipinski definition) is 3. The van der Waals surface area contributed by atoms with Gasteiger partial charge in [-0.1, -0.05) is 11.6 Å². The summed E-state index contributed by atoms with van der Waals surface area (Å²) >= 11 is 5.66. The van der Waals surface area contributed by atoms with E-state index >= 15 is 0 Å². The van der Waals surface area contributed by atoms with Gasteiger partial charge in [0.15, 0.2) is 5.78 Å². The van der Waals surface area contributed by atoms with E-state index in [4.69, 9.17) is 16.0 Å². The normalized spacial score (nSPS) is 10.1. The predicted molar refractivity (Wildman–Crippen MR) is 51.4 cm³/mol. The number of aromatic nitrogens is 1. The molecule has 0 aliphatic heterocycles. The molecule has 2 rings (SSSR count). The summed E-state index contributed by atoms with van der Waals surface area (Å²) in [6.07, 6.45) is 4.35. The number of pyridine rings is 1. The van der Waals surface area contributed by atoms with Crippen molar-refractivity contribution < 1.29 is 9.21 Å². The van der Waals surface area contributed by atoms with Crippen LogP contribution in [0.2, 0.25) is 5.15 Å². The molecular weight excluding hydrogens is 202 g/mol. The first-order valence-electron chi connectivity index (χ1n) is 3.96. The van der Waals surface area contributed by atoms with Gasteiger partial charge < -0.3 is 4.42 Å². The van der Waals surface area contributed by atoms with Crippen molar-refractivity contribution in [2.24, 2.45) is 0 Å². The average molecular weight is 208 g/mol. The highest BCUT2D eigenvalue weighted by Gasteiger charge is 2.10. The summed E-state index contributed by atoms with van der Waals surface area (Å²) in [5.74, 6) is -0.122. The fourth-order valence-electron chi connectivity index (χ4n) is 1.10. The molecule has 0 spiro atoms. The molecule has 0 aliphatic rings. The Bertz CT molecular complexity index is 451. The van der Waals surface area contributed by atoms with E-state index in [0.29, 0.717) is 16.3 Å². The third-order valence-corrected chi connectivity index (χ3v) is 1.98. The smallest absolute Gasteiger partial charge is 0.196 e. The number of furan rings is 1. The lowest BCUT2D eigenvalue weighted by atomic mass is 10.1. The monoisotopic (exact) mass is 207 g/mol. The van der Waals surface area contributed by atoms with E-state index in [-0.39, 0.29) is 5.78 Å². The lowest BCUT2D eigenvalue weighted by Crippen LogP contribution is -1.99. The lowest BCUT2D eigenvalue weighted by molar-refractivity contribution is 0.103. The molecule has 0 saturated heterocycles. The molecule has 2 aromatic rings. The summed E-state index contributed by atoms with van der Waals surface area (Å²) in [6.45, 7) is 0. The molecule has 0 bridgehead atoms. The quantitative estimate of drug-likeness (QED) is 0.562. The standard InChI is InChI=1S/C10H6ClNO2/c11-9-5-7(1-3-12-9)10(13)8-2-4-14-6-8/h1-6H. The van der Waals surface area contributed by atoms with Crippen molar-refractivity contribution in [2.75, 3.05) is 0 Å². The minimum Gasteiger partial charge on any atom is -0.472 e. The number of carbonyl (C=O) groups is 1. The van der Waals surface area contributed by atoms with Crippen molar-refractivity contribution in [3.8, 4) is 0 Å². The third-order valence-electron chi connectivity index (χ3n) is 1.77. The lowest BCUT2D eigenvalue weighted by Gasteiger charge is -1.96. The summed E-state index contributed by atoms with van der Waals surface area (Å²) in [4.78, 5) is 15.5. The van der Waals surface area contributed by atoms with E-state index in [1.165, 1.54) is 24.8 Å². The molecule has 0 unspecified atom stereocenters. The molecule has 0 fully saturated rings. The van der Waals surface area contributed by atoms with Crippen LogP contribution >= 0.6 is 11.6 Å². The first kappa shape index (κ1) is 8.97. The SMILES string of the molecule is O=C(c1ccoc1)c1ccnc(Cl)c1. The second kappa shape index (κ2) is 3.64. The van der Waals surface area contributed by atoms with E-state index in [1.807, 2.05) is 0 Å². The number of ketones is 1. The van der Waals surface area contributed by atoms with Gasteiger partial charge in [-0.2, -0.15) is 0 Å². The topological polar surface area (TPSA) is 43.1 Å². The van der Waals surface area contributed by atoms with E-state index < -0.39 is 0 Å². The molecule has 2 aromatic heterocycles. The molecule has 2 heterocycles. The first-order valence-corrected chi connectivity index (χ1v) is 4.33. The highest BCUT2D eigenvalue weighted by atomic mass is 35.5. The Morgan fingerprint density at radius 1 is 1.36 bits per heavy atom.